The molecule has 3 saturated heterocycles. The Hall–Kier alpha value is -5.78. The first kappa shape index (κ1) is 35.6. The second-order valence-electron chi connectivity index (χ2n) is 16.5. The Balaban J connectivity index is 0.984. The van der Waals surface area contributed by atoms with Crippen molar-refractivity contribution in [2.24, 2.45) is 5.92 Å². The molecular weight excluding hydrogens is 858 g/mol. The van der Waals surface area contributed by atoms with Crippen LogP contribution in [-0.2, 0) is 19.4 Å². The summed E-state index contributed by atoms with van der Waals surface area (Å²) in [5, 5.41) is 7.85. The van der Waals surface area contributed by atoms with Crippen molar-refractivity contribution in [2.45, 2.75) is 82.6 Å². The van der Waals surface area contributed by atoms with E-state index in [2.05, 4.69) is 30.8 Å². The van der Waals surface area contributed by atoms with Gasteiger partial charge in [-0.25, -0.2) is 13.4 Å². The number of fused-ring (bicyclic) bond motifs is 1. The van der Waals surface area contributed by atoms with E-state index in [-0.39, 0.29) is 58.3 Å². The molecule has 4 aromatic rings. The van der Waals surface area contributed by atoms with Crippen LogP contribution in [0.1, 0.15) is 90.6 Å². The molecule has 0 radical (unpaired) electrons. The monoisotopic (exact) mass is 919 g/mol. The molecule has 8 rings (SSSR count). The minimum absolute atomic E-state index is 0.0927. The highest BCUT2D eigenvalue weighted by Crippen LogP contribution is 2.38. The Bertz CT molecular complexity index is 2950. The topological polar surface area (TPSA) is 186 Å². The van der Waals surface area contributed by atoms with Crippen molar-refractivity contribution in [1.82, 2.24) is 25.1 Å². The molecule has 3 N–H and O–H groups in total. The predicted molar refractivity (Wildman–Crippen MR) is 246 cm³/mol. The van der Waals surface area contributed by atoms with Crippen molar-refractivity contribution in [3.8, 4) is 5.75 Å². The predicted octanol–water partition coefficient (Wildman–Crippen LogP) is 6.33. The molecule has 4 aliphatic rings. The number of halogens is 1. The van der Waals surface area contributed by atoms with Gasteiger partial charge in [-0.3, -0.25) is 34.3 Å². The molecule has 18 heteroatoms. The van der Waals surface area contributed by atoms with E-state index in [4.69, 9.17) is 27.3 Å². The second kappa shape index (κ2) is 18.4. The fraction of sp³-hybridized carbons (Fsp3) is 0.435. The number of carbonyl (C=O) groups is 4. The Morgan fingerprint density at radius 2 is 1.61 bits per heavy atom. The van der Waals surface area contributed by atoms with Crippen LogP contribution in [0.3, 0.4) is 0 Å². The SMILES string of the molecule is [2H]C1([2H])N(CC2CCN(c3cc(OC(C)C)c(Nc4ncc(Cl)c(Nc5ccccc5S(=O)(=O)C(C)C)n4)cc3C)CC2)C([2H])([2H])C([2H])([2H])N(c2ccc3c(c2)C(=O)N(C2CCC(=O)NC2=O)C3=O)C1([2H])[2H]. The highest BCUT2D eigenvalue weighted by atomic mass is 35.5. The number of amides is 4. The number of hydrogen-bond acceptors (Lipinski definition) is 14. The normalized spacial score (nSPS) is 23.8. The summed E-state index contributed by atoms with van der Waals surface area (Å²) in [5.41, 5.74) is 1.58. The summed E-state index contributed by atoms with van der Waals surface area (Å²) >= 11 is 6.50. The van der Waals surface area contributed by atoms with Crippen LogP contribution >= 0.6 is 11.6 Å². The van der Waals surface area contributed by atoms with Crippen LogP contribution in [0.15, 0.2) is 65.7 Å². The molecule has 1 aromatic heterocycles. The molecule has 1 unspecified atom stereocenters. The lowest BCUT2D eigenvalue weighted by Crippen LogP contribution is -2.54. The molecular formula is C46H54ClN9O7S. The van der Waals surface area contributed by atoms with Gasteiger partial charge in [-0.2, -0.15) is 4.98 Å². The van der Waals surface area contributed by atoms with E-state index in [1.807, 2.05) is 32.9 Å². The molecule has 16 nitrogen and oxygen atoms in total. The molecule has 4 amide bonds. The number of aromatic nitrogens is 2. The summed E-state index contributed by atoms with van der Waals surface area (Å²) in [6.07, 6.45) is 1.69. The van der Waals surface area contributed by atoms with Crippen LogP contribution < -0.4 is 30.5 Å². The van der Waals surface area contributed by atoms with Crippen LogP contribution in [0, 0.1) is 12.8 Å². The third kappa shape index (κ3) is 9.24. The average Bonchev–Trinajstić information content (AvgIpc) is 3.54. The largest absolute Gasteiger partial charge is 0.489 e. The number of rotatable bonds is 13. The summed E-state index contributed by atoms with van der Waals surface area (Å²) in [6.45, 7) is -3.51. The van der Waals surface area contributed by atoms with E-state index in [1.165, 1.54) is 12.3 Å². The van der Waals surface area contributed by atoms with Gasteiger partial charge in [0.2, 0.25) is 17.8 Å². The van der Waals surface area contributed by atoms with E-state index < -0.39 is 82.4 Å². The molecule has 0 bridgehead atoms. The summed E-state index contributed by atoms with van der Waals surface area (Å²) < 4.78 is 106. The Morgan fingerprint density at radius 1 is 0.891 bits per heavy atom. The minimum Gasteiger partial charge on any atom is -0.489 e. The van der Waals surface area contributed by atoms with Crippen LogP contribution in [-0.4, -0.2) is 115 Å². The summed E-state index contributed by atoms with van der Waals surface area (Å²) in [5.74, 6) is -2.85. The van der Waals surface area contributed by atoms with Crippen LogP contribution in [0.4, 0.5) is 34.5 Å². The van der Waals surface area contributed by atoms with Crippen LogP contribution in [0.5, 0.6) is 5.75 Å². The Labute approximate surface area is 389 Å². The molecule has 0 spiro atoms. The van der Waals surface area contributed by atoms with E-state index in [1.54, 1.807) is 32.0 Å². The number of nitrogens with zero attached hydrogens (tertiary/aromatic N) is 6. The molecule has 1 atom stereocenters. The number of piperidine rings is 2. The maximum Gasteiger partial charge on any atom is 0.262 e. The minimum atomic E-state index is -3.66. The number of anilines is 6. The number of carbonyl (C=O) groups excluding carboxylic acids is 4. The summed E-state index contributed by atoms with van der Waals surface area (Å²) in [6, 6.07) is 12.1. The van der Waals surface area contributed by atoms with Crippen molar-refractivity contribution in [1.29, 1.82) is 0 Å². The molecule has 4 aliphatic heterocycles. The van der Waals surface area contributed by atoms with Crippen molar-refractivity contribution >= 4 is 79.6 Å². The third-order valence-electron chi connectivity index (χ3n) is 11.4. The average molecular weight is 921 g/mol. The second-order valence-corrected chi connectivity index (χ2v) is 19.4. The molecule has 338 valence electrons. The Kier molecular flexibility index (Phi) is 10.2. The lowest BCUT2D eigenvalue weighted by molar-refractivity contribution is -0.136. The van der Waals surface area contributed by atoms with Gasteiger partial charge in [-0.05, 0) is 102 Å². The highest BCUT2D eigenvalue weighted by Gasteiger charge is 2.45. The number of piperazine rings is 1. The third-order valence-corrected chi connectivity index (χ3v) is 13.9. The maximum absolute atomic E-state index is 13.6. The van der Waals surface area contributed by atoms with Crippen molar-refractivity contribution in [2.75, 3.05) is 66.1 Å². The fourth-order valence-corrected chi connectivity index (χ4v) is 9.35. The van der Waals surface area contributed by atoms with Crippen molar-refractivity contribution in [3.05, 3.63) is 82.5 Å². The molecule has 0 aliphatic carbocycles. The number of benzene rings is 3. The van der Waals surface area contributed by atoms with E-state index in [9.17, 15) is 27.6 Å². The zero-order valence-electron chi connectivity index (χ0n) is 43.9. The summed E-state index contributed by atoms with van der Waals surface area (Å²) in [7, 11) is -3.66. The van der Waals surface area contributed by atoms with Gasteiger partial charge in [-0.15, -0.1) is 0 Å². The van der Waals surface area contributed by atoms with Crippen molar-refractivity contribution in [3.63, 3.8) is 0 Å². The zero-order chi connectivity index (χ0) is 52.6. The van der Waals surface area contributed by atoms with Gasteiger partial charge in [0.15, 0.2) is 15.7 Å². The number of sulfone groups is 1. The Morgan fingerprint density at radius 3 is 2.31 bits per heavy atom. The first-order chi connectivity index (χ1) is 33.6. The first-order valence-electron chi connectivity index (χ1n) is 25.0. The quantitative estimate of drug-likeness (QED) is 0.126. The summed E-state index contributed by atoms with van der Waals surface area (Å²) in [4.78, 5) is 64.2. The lowest BCUT2D eigenvalue weighted by atomic mass is 9.95. The molecule has 3 aromatic carbocycles. The van der Waals surface area contributed by atoms with Crippen LogP contribution in [0.2, 0.25) is 5.02 Å². The number of ether oxygens (including phenoxy) is 1. The van der Waals surface area contributed by atoms with Gasteiger partial charge in [0.1, 0.15) is 16.8 Å². The molecule has 3 fully saturated rings. The van der Waals surface area contributed by atoms with Gasteiger partial charge in [0.05, 0.1) is 50.4 Å². The van der Waals surface area contributed by atoms with Gasteiger partial charge >= 0.3 is 0 Å². The van der Waals surface area contributed by atoms with Crippen LogP contribution in [0.25, 0.3) is 0 Å². The molecule has 0 saturated carbocycles. The number of hydrogen-bond donors (Lipinski definition) is 3. The number of para-hydroxylation sites is 1. The first-order valence-corrected chi connectivity index (χ1v) is 22.9. The van der Waals surface area contributed by atoms with E-state index in [0.717, 1.165) is 29.4 Å². The van der Waals surface area contributed by atoms with Gasteiger partial charge in [0, 0.05) is 75.0 Å². The van der Waals surface area contributed by atoms with Gasteiger partial charge < -0.3 is 25.2 Å². The lowest BCUT2D eigenvalue weighted by Gasteiger charge is -2.40. The van der Waals surface area contributed by atoms with E-state index >= 15 is 0 Å². The standard InChI is InChI=1S/C46H54ClN9O7S/c1-27(2)63-39-24-38(29(5)22-36(39)50-46-48-25-34(47)42(52-46)49-35-8-6-7-9-40(35)64(61,62)28(3)4)55-16-14-30(15-17-55)26-53-18-20-54(21-19-53)31-10-11-32-33(23-31)45(60)56(44(32)59)37-12-13-41(57)51-43(37)58/h6-11,22-25,27-28,30,37H,12-21,26H2,1-5H3,(H,51,57,58)(H2,48,49,50,52)/i18D2,19D2,20D2,21D2. The number of aryl methyl sites for hydroxylation is 1. The smallest absolute Gasteiger partial charge is 0.262 e. The highest BCUT2D eigenvalue weighted by molar-refractivity contribution is 7.92. The number of imide groups is 2. The molecule has 5 heterocycles. The maximum atomic E-state index is 13.6. The van der Waals surface area contributed by atoms with Crippen molar-refractivity contribution < 1.29 is 43.3 Å². The zero-order valence-corrected chi connectivity index (χ0v) is 37.4. The van der Waals surface area contributed by atoms with Gasteiger partial charge in [-0.1, -0.05) is 23.7 Å². The fourth-order valence-electron chi connectivity index (χ4n) is 8.01. The van der Waals surface area contributed by atoms with E-state index in [0.29, 0.717) is 57.8 Å². The molecule has 64 heavy (non-hydrogen) atoms. The van der Waals surface area contributed by atoms with Gasteiger partial charge in [0.25, 0.3) is 11.8 Å². The number of nitrogens with one attached hydrogen (secondary N) is 3.